The summed E-state index contributed by atoms with van der Waals surface area (Å²) in [5, 5.41) is 3.71. The predicted octanol–water partition coefficient (Wildman–Crippen LogP) is 5.46. The van der Waals surface area contributed by atoms with E-state index in [0.29, 0.717) is 11.7 Å². The molecule has 1 unspecified atom stereocenters. The van der Waals surface area contributed by atoms with Gasteiger partial charge < -0.3 is 9.88 Å². The average Bonchev–Trinajstić information content (AvgIpc) is 2.93. The second-order valence-corrected chi connectivity index (χ2v) is 9.86. The second kappa shape index (κ2) is 8.05. The van der Waals surface area contributed by atoms with Crippen molar-refractivity contribution in [3.8, 4) is 0 Å². The van der Waals surface area contributed by atoms with Crippen molar-refractivity contribution in [2.45, 2.75) is 34.6 Å². The monoisotopic (exact) mass is 369 g/mol. The highest BCUT2D eigenvalue weighted by atomic mass is 31.2. The van der Waals surface area contributed by atoms with Gasteiger partial charge in [-0.3, -0.25) is 4.79 Å². The van der Waals surface area contributed by atoms with Crippen molar-refractivity contribution in [3.05, 3.63) is 58.7 Å². The first-order valence-corrected chi connectivity index (χ1v) is 11.5. The molecule has 0 spiro atoms. The van der Waals surface area contributed by atoms with E-state index in [2.05, 4.69) is 5.32 Å². The molecule has 2 aromatic carbocycles. The topological polar surface area (TPSA) is 46.2 Å². The maximum atomic E-state index is 12.9. The number of hydrogen-bond acceptors (Lipinski definition) is 2. The molecule has 0 fully saturated rings. The molecule has 1 heterocycles. The number of aryl methyl sites for hydroxylation is 2. The van der Waals surface area contributed by atoms with Gasteiger partial charge in [-0.05, 0) is 49.8 Å². The summed E-state index contributed by atoms with van der Waals surface area (Å²) in [7, 11) is -2.48. The lowest BCUT2D eigenvalue weighted by molar-refractivity contribution is -0.110. The third kappa shape index (κ3) is 3.99. The van der Waals surface area contributed by atoms with Crippen LogP contribution in [-0.4, -0.2) is 18.7 Å². The summed E-state index contributed by atoms with van der Waals surface area (Å²) in [6.07, 6.45) is 2.48. The standard InChI is InChI=1S/C20H22NO2P.C2H6/c1-5-24(4,23)18-11-14(3)10-16-17(20(22)21-19(16)18)12-15-8-6-13(2)7-9-15;1-2/h6-12H,5H2,1-4H3,(H,21,22);1-2H3/b17-12-;. The largest absolute Gasteiger partial charge is 0.321 e. The van der Waals surface area contributed by atoms with Crippen molar-refractivity contribution in [2.24, 2.45) is 0 Å². The van der Waals surface area contributed by atoms with Gasteiger partial charge in [-0.2, -0.15) is 0 Å². The van der Waals surface area contributed by atoms with Crippen molar-refractivity contribution >= 4 is 35.7 Å². The minimum Gasteiger partial charge on any atom is -0.321 e. The zero-order chi connectivity index (χ0) is 19.5. The Labute approximate surface area is 156 Å². The third-order valence-electron chi connectivity index (χ3n) is 4.54. The van der Waals surface area contributed by atoms with E-state index in [-0.39, 0.29) is 5.91 Å². The summed E-state index contributed by atoms with van der Waals surface area (Å²) in [4.78, 5) is 12.5. The second-order valence-electron chi connectivity index (χ2n) is 6.55. The molecule has 4 heteroatoms. The third-order valence-corrected chi connectivity index (χ3v) is 7.12. The zero-order valence-corrected chi connectivity index (χ0v) is 17.4. The van der Waals surface area contributed by atoms with E-state index in [1.807, 2.05) is 77.1 Å². The molecule has 0 radical (unpaired) electrons. The number of carbonyl (C=O) groups is 1. The smallest absolute Gasteiger partial charge is 0.256 e. The highest BCUT2D eigenvalue weighted by Gasteiger charge is 2.31. The van der Waals surface area contributed by atoms with Gasteiger partial charge in [0.2, 0.25) is 0 Å². The quantitative estimate of drug-likeness (QED) is 0.577. The minimum absolute atomic E-state index is 0.131. The molecule has 0 aromatic heterocycles. The van der Waals surface area contributed by atoms with E-state index < -0.39 is 7.14 Å². The Hall–Kier alpha value is -2.12. The predicted molar refractivity (Wildman–Crippen MR) is 114 cm³/mol. The van der Waals surface area contributed by atoms with Gasteiger partial charge in [-0.15, -0.1) is 0 Å². The van der Waals surface area contributed by atoms with Crippen LogP contribution in [-0.2, 0) is 9.36 Å². The minimum atomic E-state index is -2.48. The number of rotatable bonds is 3. The molecule has 1 atom stereocenters. The number of hydrogen-bond donors (Lipinski definition) is 1. The molecule has 26 heavy (non-hydrogen) atoms. The van der Waals surface area contributed by atoms with E-state index in [1.54, 1.807) is 6.66 Å². The number of amides is 1. The summed E-state index contributed by atoms with van der Waals surface area (Å²) in [5.74, 6) is -0.131. The highest BCUT2D eigenvalue weighted by Crippen LogP contribution is 2.46. The molecule has 1 N–H and O–H groups in total. The SMILES string of the molecule is CC.CCP(C)(=O)c1cc(C)cc2c1NC(=O)/C2=C\c1ccc(C)cc1. The molecule has 138 valence electrons. The van der Waals surface area contributed by atoms with Crippen LogP contribution in [0.1, 0.15) is 43.0 Å². The van der Waals surface area contributed by atoms with Crippen LogP contribution < -0.4 is 10.6 Å². The van der Waals surface area contributed by atoms with E-state index in [9.17, 15) is 9.36 Å². The van der Waals surface area contributed by atoms with Gasteiger partial charge in [0.05, 0.1) is 5.69 Å². The van der Waals surface area contributed by atoms with Crippen molar-refractivity contribution in [3.63, 3.8) is 0 Å². The van der Waals surface area contributed by atoms with Gasteiger partial charge in [0.25, 0.3) is 5.91 Å². The molecular weight excluding hydrogens is 341 g/mol. The fraction of sp³-hybridized carbons (Fsp3) is 0.318. The van der Waals surface area contributed by atoms with E-state index in [1.165, 1.54) is 5.56 Å². The Morgan fingerprint density at radius 3 is 2.23 bits per heavy atom. The van der Waals surface area contributed by atoms with E-state index >= 15 is 0 Å². The summed E-state index contributed by atoms with van der Waals surface area (Å²) in [6, 6.07) is 12.0. The van der Waals surface area contributed by atoms with Gasteiger partial charge in [0, 0.05) is 22.6 Å². The Morgan fingerprint density at radius 2 is 1.65 bits per heavy atom. The van der Waals surface area contributed by atoms with Gasteiger partial charge in [-0.25, -0.2) is 0 Å². The van der Waals surface area contributed by atoms with Crippen molar-refractivity contribution in [1.29, 1.82) is 0 Å². The Balaban J connectivity index is 0.00000117. The molecule has 1 aliphatic rings. The first kappa shape index (κ1) is 20.2. The Bertz CT molecular complexity index is 895. The number of fused-ring (bicyclic) bond motifs is 1. The molecule has 0 bridgehead atoms. The molecule has 3 rings (SSSR count). The molecular formula is C22H28NO2P. The number of benzene rings is 2. The summed E-state index contributed by atoms with van der Waals surface area (Å²) < 4.78 is 12.9. The summed E-state index contributed by atoms with van der Waals surface area (Å²) in [6.45, 7) is 11.7. The van der Waals surface area contributed by atoms with Crippen molar-refractivity contribution < 1.29 is 9.36 Å². The first-order chi connectivity index (χ1) is 12.3. The molecule has 1 aliphatic heterocycles. The van der Waals surface area contributed by atoms with Crippen LogP contribution in [0.3, 0.4) is 0 Å². The van der Waals surface area contributed by atoms with Gasteiger partial charge >= 0.3 is 0 Å². The molecule has 1 amide bonds. The van der Waals surface area contributed by atoms with Crippen LogP contribution in [0.15, 0.2) is 36.4 Å². The zero-order valence-electron chi connectivity index (χ0n) is 16.5. The van der Waals surface area contributed by atoms with Crippen LogP contribution in [0.5, 0.6) is 0 Å². The summed E-state index contributed by atoms with van der Waals surface area (Å²) >= 11 is 0. The lowest BCUT2D eigenvalue weighted by Gasteiger charge is -2.16. The number of anilines is 1. The molecule has 2 aromatic rings. The lowest BCUT2D eigenvalue weighted by Crippen LogP contribution is -2.14. The van der Waals surface area contributed by atoms with Crippen LogP contribution in [0.4, 0.5) is 5.69 Å². The Kier molecular flexibility index (Phi) is 6.26. The van der Waals surface area contributed by atoms with E-state index in [0.717, 1.165) is 27.7 Å². The normalized spacial score (nSPS) is 16.4. The molecule has 0 aliphatic carbocycles. The first-order valence-electron chi connectivity index (χ1n) is 9.13. The van der Waals surface area contributed by atoms with Crippen molar-refractivity contribution in [1.82, 2.24) is 0 Å². The maximum Gasteiger partial charge on any atom is 0.256 e. The summed E-state index contributed by atoms with van der Waals surface area (Å²) in [5.41, 5.74) is 5.39. The molecule has 3 nitrogen and oxygen atoms in total. The van der Waals surface area contributed by atoms with Crippen LogP contribution in [0, 0.1) is 13.8 Å². The van der Waals surface area contributed by atoms with Crippen LogP contribution >= 0.6 is 7.14 Å². The molecule has 0 saturated heterocycles. The van der Waals surface area contributed by atoms with Crippen LogP contribution in [0.25, 0.3) is 11.6 Å². The van der Waals surface area contributed by atoms with Crippen LogP contribution in [0.2, 0.25) is 0 Å². The number of nitrogens with one attached hydrogen (secondary N) is 1. The van der Waals surface area contributed by atoms with Gasteiger partial charge in [0.1, 0.15) is 7.14 Å². The average molecular weight is 369 g/mol. The van der Waals surface area contributed by atoms with Crippen molar-refractivity contribution in [2.75, 3.05) is 18.1 Å². The van der Waals surface area contributed by atoms with Gasteiger partial charge in [0.15, 0.2) is 0 Å². The number of carbonyl (C=O) groups excluding carboxylic acids is 1. The Morgan fingerprint density at radius 1 is 1.04 bits per heavy atom. The maximum absolute atomic E-state index is 12.9. The fourth-order valence-electron chi connectivity index (χ4n) is 2.93. The highest BCUT2D eigenvalue weighted by molar-refractivity contribution is 7.71. The fourth-order valence-corrected chi connectivity index (χ4v) is 4.40. The van der Waals surface area contributed by atoms with E-state index in [4.69, 9.17) is 0 Å². The molecule has 0 saturated carbocycles. The lowest BCUT2D eigenvalue weighted by atomic mass is 10.0. The van der Waals surface area contributed by atoms with Gasteiger partial charge in [-0.1, -0.05) is 50.6 Å².